The lowest BCUT2D eigenvalue weighted by Gasteiger charge is -2.03. The normalized spacial score (nSPS) is 10.9. The van der Waals surface area contributed by atoms with Crippen LogP contribution < -0.4 is 28.5 Å². The number of hydrogen-bond donors (Lipinski definition) is 6. The molecule has 0 aliphatic carbocycles. The average Bonchev–Trinajstić information content (AvgIpc) is 2.18. The number of nitrogens with one attached hydrogen (secondary N) is 1. The first-order valence-electron chi connectivity index (χ1n) is 4.40. The van der Waals surface area contributed by atoms with Gasteiger partial charge in [0.25, 0.3) is 0 Å². The smallest absolute Gasteiger partial charge is 0.326 e. The molecule has 0 radical (unpaired) electrons. The van der Waals surface area contributed by atoms with Crippen LogP contribution >= 0.6 is 0 Å². The quantitative estimate of drug-likeness (QED) is 0.136. The molecule has 0 bridgehead atoms. The van der Waals surface area contributed by atoms with Gasteiger partial charge >= 0.3 is 12.0 Å². The van der Waals surface area contributed by atoms with E-state index >= 15 is 0 Å². The van der Waals surface area contributed by atoms with E-state index in [1.165, 1.54) is 0 Å². The van der Waals surface area contributed by atoms with Crippen molar-refractivity contribution in [3.63, 3.8) is 0 Å². The molecular formula is C7H19N5O3. The summed E-state index contributed by atoms with van der Waals surface area (Å²) >= 11 is 0. The molecule has 2 amide bonds. The van der Waals surface area contributed by atoms with Crippen LogP contribution in [0.2, 0.25) is 0 Å². The van der Waals surface area contributed by atoms with E-state index in [-0.39, 0.29) is 0 Å². The highest BCUT2D eigenvalue weighted by atomic mass is 16.4. The molecule has 10 N–H and O–H groups in total. The van der Waals surface area contributed by atoms with Crippen LogP contribution in [0.25, 0.3) is 0 Å². The van der Waals surface area contributed by atoms with Gasteiger partial charge in [0.2, 0.25) is 0 Å². The Morgan fingerprint density at radius 1 is 1.33 bits per heavy atom. The van der Waals surface area contributed by atoms with Gasteiger partial charge in [-0.1, -0.05) is 6.42 Å². The fourth-order valence-corrected chi connectivity index (χ4v) is 0.632. The van der Waals surface area contributed by atoms with E-state index in [1.807, 2.05) is 0 Å². The standard InChI is InChI=1S/C6H14N2O2.CH5N3O/c7-4-2-1-3-5(8)6(9)10;2-1(5)4-3/h5H,1-4,7-8H2,(H,9,10);3H2,(H3,2,4,5). The highest BCUT2D eigenvalue weighted by molar-refractivity contribution is 5.72. The van der Waals surface area contributed by atoms with E-state index in [2.05, 4.69) is 11.6 Å². The number of rotatable bonds is 5. The van der Waals surface area contributed by atoms with E-state index in [1.54, 1.807) is 5.43 Å². The van der Waals surface area contributed by atoms with Gasteiger partial charge in [-0.2, -0.15) is 0 Å². The number of carbonyl (C=O) groups is 2. The van der Waals surface area contributed by atoms with Gasteiger partial charge in [0.05, 0.1) is 0 Å². The van der Waals surface area contributed by atoms with Crippen molar-refractivity contribution in [2.24, 2.45) is 23.0 Å². The van der Waals surface area contributed by atoms with Crippen molar-refractivity contribution in [2.45, 2.75) is 25.3 Å². The van der Waals surface area contributed by atoms with Crippen LogP contribution in [-0.4, -0.2) is 29.7 Å². The maximum Gasteiger partial charge on any atom is 0.326 e. The molecule has 0 heterocycles. The predicted octanol–water partition coefficient (Wildman–Crippen LogP) is -1.94. The summed E-state index contributed by atoms with van der Waals surface area (Å²) in [6.07, 6.45) is 2.16. The zero-order chi connectivity index (χ0) is 12.3. The average molecular weight is 221 g/mol. The van der Waals surface area contributed by atoms with E-state index < -0.39 is 18.0 Å². The number of hydrazine groups is 1. The molecule has 0 aromatic heterocycles. The van der Waals surface area contributed by atoms with Crippen LogP contribution in [-0.2, 0) is 4.79 Å². The number of carboxylic acid groups (broad SMARTS) is 1. The van der Waals surface area contributed by atoms with Gasteiger partial charge in [0, 0.05) is 0 Å². The number of aliphatic carboxylic acids is 1. The number of unbranched alkanes of at least 4 members (excludes halogenated alkanes) is 1. The van der Waals surface area contributed by atoms with Crippen molar-refractivity contribution in [3.8, 4) is 0 Å². The molecule has 0 aromatic carbocycles. The summed E-state index contributed by atoms with van der Waals surface area (Å²) in [6.45, 7) is 0.604. The van der Waals surface area contributed by atoms with Crippen molar-refractivity contribution in [2.75, 3.05) is 6.54 Å². The number of urea groups is 1. The van der Waals surface area contributed by atoms with E-state index in [0.29, 0.717) is 13.0 Å². The van der Waals surface area contributed by atoms with Crippen LogP contribution in [0.4, 0.5) is 4.79 Å². The van der Waals surface area contributed by atoms with Gasteiger partial charge in [-0.15, -0.1) is 0 Å². The summed E-state index contributed by atoms with van der Waals surface area (Å²) in [4.78, 5) is 19.5. The van der Waals surface area contributed by atoms with Crippen LogP contribution in [0.1, 0.15) is 19.3 Å². The minimum absolute atomic E-state index is 0.520. The van der Waals surface area contributed by atoms with Gasteiger partial charge in [0.1, 0.15) is 6.04 Å². The topological polar surface area (TPSA) is 170 Å². The monoisotopic (exact) mass is 221 g/mol. The Kier molecular flexibility index (Phi) is 11.5. The lowest BCUT2D eigenvalue weighted by Crippen LogP contribution is -2.34. The Bertz CT molecular complexity index is 187. The molecule has 15 heavy (non-hydrogen) atoms. The fourth-order valence-electron chi connectivity index (χ4n) is 0.632. The van der Waals surface area contributed by atoms with Crippen molar-refractivity contribution < 1.29 is 14.7 Å². The largest absolute Gasteiger partial charge is 0.480 e. The Morgan fingerprint density at radius 3 is 2.07 bits per heavy atom. The van der Waals surface area contributed by atoms with Crippen molar-refractivity contribution >= 4 is 12.0 Å². The van der Waals surface area contributed by atoms with Crippen LogP contribution in [0.15, 0.2) is 0 Å². The summed E-state index contributed by atoms with van der Waals surface area (Å²) < 4.78 is 0. The van der Waals surface area contributed by atoms with E-state index in [0.717, 1.165) is 12.8 Å². The first-order valence-corrected chi connectivity index (χ1v) is 4.40. The second-order valence-electron chi connectivity index (χ2n) is 2.74. The number of nitrogens with two attached hydrogens (primary N) is 4. The lowest BCUT2D eigenvalue weighted by atomic mass is 10.1. The molecule has 8 heteroatoms. The maximum absolute atomic E-state index is 10.1. The molecule has 1 unspecified atom stereocenters. The van der Waals surface area contributed by atoms with Gasteiger partial charge in [-0.25, -0.2) is 10.6 Å². The zero-order valence-electron chi connectivity index (χ0n) is 8.48. The Balaban J connectivity index is 0. The SMILES string of the molecule is NCCCCC(N)C(=O)O.NNC(N)=O. The molecule has 1 atom stereocenters. The number of carbonyl (C=O) groups excluding carboxylic acids is 1. The van der Waals surface area contributed by atoms with Gasteiger partial charge in [-0.3, -0.25) is 10.2 Å². The first-order chi connectivity index (χ1) is 6.95. The molecule has 0 aromatic rings. The summed E-state index contributed by atoms with van der Waals surface area (Å²) in [5.41, 5.74) is 16.5. The fraction of sp³-hybridized carbons (Fsp3) is 0.714. The molecule has 90 valence electrons. The number of primary amides is 1. The third-order valence-corrected chi connectivity index (χ3v) is 1.43. The van der Waals surface area contributed by atoms with Crippen LogP contribution in [0, 0.1) is 0 Å². The lowest BCUT2D eigenvalue weighted by molar-refractivity contribution is -0.138. The molecule has 0 aliphatic rings. The number of amides is 2. The Hall–Kier alpha value is -1.38. The maximum atomic E-state index is 10.1. The molecule has 8 nitrogen and oxygen atoms in total. The molecule has 0 saturated heterocycles. The zero-order valence-corrected chi connectivity index (χ0v) is 8.48. The number of carboxylic acids is 1. The van der Waals surface area contributed by atoms with Gasteiger partial charge < -0.3 is 22.3 Å². The molecule has 0 rings (SSSR count). The molecule has 0 saturated carbocycles. The second-order valence-corrected chi connectivity index (χ2v) is 2.74. The summed E-state index contributed by atoms with van der Waals surface area (Å²) in [7, 11) is 0. The van der Waals surface area contributed by atoms with Gasteiger partial charge in [-0.05, 0) is 19.4 Å². The number of hydrogen-bond acceptors (Lipinski definition) is 5. The minimum Gasteiger partial charge on any atom is -0.480 e. The minimum atomic E-state index is -0.933. The predicted molar refractivity (Wildman–Crippen MR) is 55.4 cm³/mol. The van der Waals surface area contributed by atoms with Crippen molar-refractivity contribution in [1.29, 1.82) is 0 Å². The van der Waals surface area contributed by atoms with Crippen LogP contribution in [0.5, 0.6) is 0 Å². The summed E-state index contributed by atoms with van der Waals surface area (Å²) in [6, 6.07) is -1.43. The van der Waals surface area contributed by atoms with Crippen molar-refractivity contribution in [1.82, 2.24) is 5.43 Å². The summed E-state index contributed by atoms with van der Waals surface area (Å²) in [5.74, 6) is 3.51. The summed E-state index contributed by atoms with van der Waals surface area (Å²) in [5, 5.41) is 8.33. The van der Waals surface area contributed by atoms with E-state index in [9.17, 15) is 9.59 Å². The van der Waals surface area contributed by atoms with E-state index in [4.69, 9.17) is 16.6 Å². The Morgan fingerprint density at radius 2 is 1.80 bits per heavy atom. The highest BCUT2D eigenvalue weighted by Gasteiger charge is 2.09. The van der Waals surface area contributed by atoms with Gasteiger partial charge in [0.15, 0.2) is 0 Å². The highest BCUT2D eigenvalue weighted by Crippen LogP contribution is 1.96. The van der Waals surface area contributed by atoms with Crippen LogP contribution in [0.3, 0.4) is 0 Å². The molecule has 0 aliphatic heterocycles. The molecule has 0 spiro atoms. The third kappa shape index (κ3) is 15.4. The third-order valence-electron chi connectivity index (χ3n) is 1.43. The first kappa shape index (κ1) is 16.1. The Labute approximate surface area is 87.9 Å². The molecule has 0 fully saturated rings. The van der Waals surface area contributed by atoms with Crippen molar-refractivity contribution in [3.05, 3.63) is 0 Å². The second kappa shape index (κ2) is 10.7. The molecular weight excluding hydrogens is 202 g/mol.